The standard InChI is InChI=1S/C18H21N3O2/c1-14-4-2-5-15(12-14)17(22)20-8-3-9-21(11-10-20)18(23)16-6-7-19-13-16/h2,4-7,12-13,19H,3,8-11H2,1H3. The van der Waals surface area contributed by atoms with Crippen LogP contribution in [0, 0.1) is 6.92 Å². The second-order valence-electron chi connectivity index (χ2n) is 5.91. The van der Waals surface area contributed by atoms with Crippen molar-refractivity contribution in [2.24, 2.45) is 0 Å². The average molecular weight is 311 g/mol. The minimum absolute atomic E-state index is 0.0242. The van der Waals surface area contributed by atoms with E-state index in [-0.39, 0.29) is 11.8 Å². The molecule has 120 valence electrons. The summed E-state index contributed by atoms with van der Waals surface area (Å²) in [5.74, 6) is 0.0701. The zero-order chi connectivity index (χ0) is 16.2. The molecule has 2 heterocycles. The van der Waals surface area contributed by atoms with Crippen LogP contribution in [-0.4, -0.2) is 52.8 Å². The molecule has 0 radical (unpaired) electrons. The van der Waals surface area contributed by atoms with Gasteiger partial charge in [0.15, 0.2) is 0 Å². The first-order valence-corrected chi connectivity index (χ1v) is 7.93. The largest absolute Gasteiger partial charge is 0.367 e. The van der Waals surface area contributed by atoms with Gasteiger partial charge in [-0.15, -0.1) is 0 Å². The zero-order valence-corrected chi connectivity index (χ0v) is 13.3. The predicted octanol–water partition coefficient (Wildman–Crippen LogP) is 2.31. The summed E-state index contributed by atoms with van der Waals surface area (Å²) in [5, 5.41) is 0. The zero-order valence-electron chi connectivity index (χ0n) is 13.3. The summed E-state index contributed by atoms with van der Waals surface area (Å²) in [5.41, 5.74) is 2.47. The number of amides is 2. The van der Waals surface area contributed by atoms with E-state index in [1.807, 2.05) is 41.0 Å². The number of aromatic amines is 1. The van der Waals surface area contributed by atoms with Crippen LogP contribution in [0.4, 0.5) is 0 Å². The molecule has 0 spiro atoms. The Labute approximate surface area is 135 Å². The van der Waals surface area contributed by atoms with Gasteiger partial charge in [-0.25, -0.2) is 0 Å². The molecule has 5 nitrogen and oxygen atoms in total. The number of rotatable bonds is 2. The number of carbonyl (C=O) groups excluding carboxylic acids is 2. The van der Waals surface area contributed by atoms with E-state index in [9.17, 15) is 9.59 Å². The van der Waals surface area contributed by atoms with Crippen LogP contribution in [-0.2, 0) is 0 Å². The highest BCUT2D eigenvalue weighted by Crippen LogP contribution is 2.13. The quantitative estimate of drug-likeness (QED) is 0.925. The van der Waals surface area contributed by atoms with Crippen LogP contribution in [0.1, 0.15) is 32.7 Å². The molecule has 0 unspecified atom stereocenters. The second-order valence-corrected chi connectivity index (χ2v) is 5.91. The van der Waals surface area contributed by atoms with E-state index >= 15 is 0 Å². The number of hydrogen-bond donors (Lipinski definition) is 1. The van der Waals surface area contributed by atoms with Crippen LogP contribution < -0.4 is 0 Å². The van der Waals surface area contributed by atoms with E-state index in [1.165, 1.54) is 0 Å². The van der Waals surface area contributed by atoms with Gasteiger partial charge in [0.05, 0.1) is 5.56 Å². The van der Waals surface area contributed by atoms with Crippen LogP contribution >= 0.6 is 0 Å². The van der Waals surface area contributed by atoms with Crippen molar-refractivity contribution in [1.82, 2.24) is 14.8 Å². The van der Waals surface area contributed by atoms with Crippen LogP contribution in [0.25, 0.3) is 0 Å². The Kier molecular flexibility index (Phi) is 4.46. The van der Waals surface area contributed by atoms with Crippen LogP contribution in [0.5, 0.6) is 0 Å². The second kappa shape index (κ2) is 6.69. The number of H-pyrrole nitrogens is 1. The Morgan fingerprint density at radius 2 is 1.65 bits per heavy atom. The third-order valence-corrected chi connectivity index (χ3v) is 4.18. The maximum atomic E-state index is 12.6. The molecule has 1 fully saturated rings. The van der Waals surface area contributed by atoms with Gasteiger partial charge < -0.3 is 14.8 Å². The number of hydrogen-bond acceptors (Lipinski definition) is 2. The van der Waals surface area contributed by atoms with E-state index < -0.39 is 0 Å². The highest BCUT2D eigenvalue weighted by Gasteiger charge is 2.23. The molecule has 2 aromatic rings. The fourth-order valence-electron chi connectivity index (χ4n) is 2.92. The Bertz CT molecular complexity index is 694. The van der Waals surface area contributed by atoms with Crippen molar-refractivity contribution in [3.8, 4) is 0 Å². The number of nitrogens with zero attached hydrogens (tertiary/aromatic N) is 2. The lowest BCUT2D eigenvalue weighted by molar-refractivity contribution is 0.0719. The van der Waals surface area contributed by atoms with E-state index in [0.29, 0.717) is 31.7 Å². The summed E-state index contributed by atoms with van der Waals surface area (Å²) < 4.78 is 0. The third-order valence-electron chi connectivity index (χ3n) is 4.18. The van der Waals surface area contributed by atoms with Crippen molar-refractivity contribution in [3.63, 3.8) is 0 Å². The van der Waals surface area contributed by atoms with E-state index in [4.69, 9.17) is 0 Å². The molecule has 2 amide bonds. The Morgan fingerprint density at radius 3 is 2.26 bits per heavy atom. The number of aryl methyl sites for hydroxylation is 1. The number of benzene rings is 1. The van der Waals surface area contributed by atoms with Crippen molar-refractivity contribution in [3.05, 3.63) is 59.4 Å². The van der Waals surface area contributed by atoms with Crippen molar-refractivity contribution >= 4 is 11.8 Å². The topological polar surface area (TPSA) is 56.4 Å². The van der Waals surface area contributed by atoms with Gasteiger partial charge in [-0.05, 0) is 31.5 Å². The minimum atomic E-state index is 0.0242. The molecule has 3 rings (SSSR count). The maximum Gasteiger partial charge on any atom is 0.255 e. The van der Waals surface area contributed by atoms with Gasteiger partial charge in [-0.1, -0.05) is 17.7 Å². The van der Waals surface area contributed by atoms with Gasteiger partial charge in [0.2, 0.25) is 0 Å². The average Bonchev–Trinajstić information content (AvgIpc) is 2.98. The van der Waals surface area contributed by atoms with Crippen molar-refractivity contribution in [1.29, 1.82) is 0 Å². The molecule has 1 saturated heterocycles. The highest BCUT2D eigenvalue weighted by atomic mass is 16.2. The first-order valence-electron chi connectivity index (χ1n) is 7.93. The van der Waals surface area contributed by atoms with Gasteiger partial charge in [0, 0.05) is 44.1 Å². The van der Waals surface area contributed by atoms with Crippen LogP contribution in [0.2, 0.25) is 0 Å². The molecule has 5 heteroatoms. The molecule has 1 aromatic heterocycles. The molecule has 0 aliphatic carbocycles. The fraction of sp³-hybridized carbons (Fsp3) is 0.333. The molecule has 1 aliphatic rings. The highest BCUT2D eigenvalue weighted by molar-refractivity contribution is 5.95. The molecule has 1 aromatic carbocycles. The molecule has 0 atom stereocenters. The summed E-state index contributed by atoms with van der Waals surface area (Å²) in [4.78, 5) is 31.6. The van der Waals surface area contributed by atoms with Gasteiger partial charge in [-0.2, -0.15) is 0 Å². The molecule has 1 N–H and O–H groups in total. The van der Waals surface area contributed by atoms with Crippen molar-refractivity contribution < 1.29 is 9.59 Å². The number of carbonyl (C=O) groups is 2. The lowest BCUT2D eigenvalue weighted by atomic mass is 10.1. The molecule has 1 aliphatic heterocycles. The Balaban J connectivity index is 1.66. The SMILES string of the molecule is Cc1cccc(C(=O)N2CCCN(C(=O)c3cc[nH]c3)CC2)c1. The minimum Gasteiger partial charge on any atom is -0.367 e. The summed E-state index contributed by atoms with van der Waals surface area (Å²) in [7, 11) is 0. The van der Waals surface area contributed by atoms with Crippen LogP contribution in [0.15, 0.2) is 42.7 Å². The molecule has 0 bridgehead atoms. The molecule has 0 saturated carbocycles. The van der Waals surface area contributed by atoms with Crippen molar-refractivity contribution in [2.45, 2.75) is 13.3 Å². The maximum absolute atomic E-state index is 12.6. The Morgan fingerprint density at radius 1 is 0.957 bits per heavy atom. The summed E-state index contributed by atoms with van der Waals surface area (Å²) >= 11 is 0. The van der Waals surface area contributed by atoms with Gasteiger partial charge >= 0.3 is 0 Å². The first-order chi connectivity index (χ1) is 11.1. The normalized spacial score (nSPS) is 15.3. The molecular weight excluding hydrogens is 290 g/mol. The predicted molar refractivity (Wildman–Crippen MR) is 88.4 cm³/mol. The monoisotopic (exact) mass is 311 g/mol. The lowest BCUT2D eigenvalue weighted by Crippen LogP contribution is -2.37. The van der Waals surface area contributed by atoms with Crippen molar-refractivity contribution in [2.75, 3.05) is 26.2 Å². The van der Waals surface area contributed by atoms with E-state index in [0.717, 1.165) is 17.5 Å². The fourth-order valence-corrected chi connectivity index (χ4v) is 2.92. The van der Waals surface area contributed by atoms with E-state index in [2.05, 4.69) is 4.98 Å². The van der Waals surface area contributed by atoms with Crippen LogP contribution in [0.3, 0.4) is 0 Å². The molecule has 23 heavy (non-hydrogen) atoms. The van der Waals surface area contributed by atoms with Gasteiger partial charge in [-0.3, -0.25) is 9.59 Å². The summed E-state index contributed by atoms with van der Waals surface area (Å²) in [6.45, 7) is 4.49. The summed E-state index contributed by atoms with van der Waals surface area (Å²) in [6, 6.07) is 9.43. The third kappa shape index (κ3) is 3.44. The Hall–Kier alpha value is -2.56. The molecular formula is C18H21N3O2. The lowest BCUT2D eigenvalue weighted by Gasteiger charge is -2.22. The number of aromatic nitrogens is 1. The van der Waals surface area contributed by atoms with Gasteiger partial charge in [0.1, 0.15) is 0 Å². The van der Waals surface area contributed by atoms with E-state index in [1.54, 1.807) is 18.5 Å². The van der Waals surface area contributed by atoms with Gasteiger partial charge in [0.25, 0.3) is 11.8 Å². The number of nitrogens with one attached hydrogen (secondary N) is 1. The summed E-state index contributed by atoms with van der Waals surface area (Å²) in [6.07, 6.45) is 4.26. The first kappa shape index (κ1) is 15.3. The smallest absolute Gasteiger partial charge is 0.255 e.